The standard InChI is InChI=1S/C60H69ClN4O6/c1-59(2)46-28-15-17-30-50(46)64(38-19-7-13-32-54(66)62-48(57(68)69)40-42-22-9-5-10-23-42)52(59)36-34-44-26-21-27-45(56(44)61)35-37-53-60(3,4)47-29-16-18-31-51(47)65(53)39-20-8-14-33-55(67)63-49(58(70)71)41-43-24-11-6-12-25-43/h5-6,9-12,15-18,22-25,28-31,34-37,48-49H,7-8,13-14,19-21,26-27,32-33,38-41H2,1-4H3,(H3-,62,63,66,67,68,69,70,71)/p+1. The monoisotopic (exact) mass is 977 g/mol. The average Bonchev–Trinajstić information content (AvgIpc) is 3.70. The Morgan fingerprint density at radius 3 is 1.80 bits per heavy atom. The van der Waals surface area contributed by atoms with E-state index < -0.39 is 24.0 Å². The number of amides is 2. The number of nitrogens with zero attached hydrogens (tertiary/aromatic N) is 2. The predicted molar refractivity (Wildman–Crippen MR) is 284 cm³/mol. The molecule has 2 aliphatic heterocycles. The Hall–Kier alpha value is -6.52. The third-order valence-corrected chi connectivity index (χ3v) is 14.8. The average molecular weight is 979 g/mol. The maximum Gasteiger partial charge on any atom is 0.326 e. The Morgan fingerprint density at radius 1 is 0.648 bits per heavy atom. The molecule has 7 rings (SSSR count). The number of unbranched alkanes of at least 4 members (excludes halogenated alkanes) is 4. The van der Waals surface area contributed by atoms with Crippen LogP contribution < -0.4 is 15.5 Å². The smallest absolute Gasteiger partial charge is 0.326 e. The van der Waals surface area contributed by atoms with Crippen molar-refractivity contribution in [3.8, 4) is 0 Å². The van der Waals surface area contributed by atoms with Crippen LogP contribution in [0.15, 0.2) is 155 Å². The van der Waals surface area contributed by atoms with Gasteiger partial charge < -0.3 is 25.7 Å². The number of fused-ring (bicyclic) bond motifs is 2. The molecule has 2 atom stereocenters. The van der Waals surface area contributed by atoms with Crippen molar-refractivity contribution >= 4 is 52.4 Å². The van der Waals surface area contributed by atoms with Gasteiger partial charge in [-0.2, -0.15) is 4.58 Å². The molecule has 0 saturated heterocycles. The Bertz CT molecular complexity index is 2720. The molecule has 0 radical (unpaired) electrons. The molecular formula is C60H70ClN4O6+. The Labute approximate surface area is 424 Å². The molecule has 4 aromatic carbocycles. The third kappa shape index (κ3) is 13.1. The second-order valence-corrected chi connectivity index (χ2v) is 20.5. The fourth-order valence-electron chi connectivity index (χ4n) is 10.4. The van der Waals surface area contributed by atoms with E-state index in [0.29, 0.717) is 12.8 Å². The molecule has 2 unspecified atom stereocenters. The fraction of sp³-hybridized carbons (Fsp3) is 0.383. The number of halogens is 1. The van der Waals surface area contributed by atoms with Crippen molar-refractivity contribution in [3.05, 3.63) is 178 Å². The minimum Gasteiger partial charge on any atom is -0.480 e. The second-order valence-electron chi connectivity index (χ2n) is 20.2. The van der Waals surface area contributed by atoms with E-state index in [4.69, 9.17) is 11.6 Å². The SMILES string of the molecule is CC1(C)C(/C=C/C2=C(Cl)C(=C/C=C3/N(CCCCCC(=O)NC(Cc4ccccc4)C(=O)O)c4ccccc4C3(C)C)/CCC2)=[N+](CCCCCC(=O)NC(Cc2ccccc2)C(=O)O)c2ccccc21. The highest BCUT2D eigenvalue weighted by atomic mass is 35.5. The van der Waals surface area contributed by atoms with Gasteiger partial charge in [0.1, 0.15) is 18.6 Å². The summed E-state index contributed by atoms with van der Waals surface area (Å²) in [6.07, 6.45) is 17.4. The normalized spacial score (nSPS) is 17.9. The second kappa shape index (κ2) is 24.1. The van der Waals surface area contributed by atoms with E-state index >= 15 is 0 Å². The molecule has 0 saturated carbocycles. The van der Waals surface area contributed by atoms with Gasteiger partial charge in [-0.05, 0) is 98.8 Å². The van der Waals surface area contributed by atoms with Gasteiger partial charge in [0.25, 0.3) is 0 Å². The number of carboxylic acid groups (broad SMARTS) is 2. The molecule has 0 aromatic heterocycles. The van der Waals surface area contributed by atoms with Crippen molar-refractivity contribution in [1.29, 1.82) is 0 Å². The van der Waals surface area contributed by atoms with E-state index in [0.717, 1.165) is 85.3 Å². The molecule has 71 heavy (non-hydrogen) atoms. The van der Waals surface area contributed by atoms with Gasteiger partial charge >= 0.3 is 11.9 Å². The Kier molecular flexibility index (Phi) is 17.7. The Balaban J connectivity index is 0.998. The lowest BCUT2D eigenvalue weighted by molar-refractivity contribution is -0.438. The molecule has 0 spiro atoms. The van der Waals surface area contributed by atoms with Gasteiger partial charge in [-0.15, -0.1) is 0 Å². The highest BCUT2D eigenvalue weighted by Gasteiger charge is 2.44. The summed E-state index contributed by atoms with van der Waals surface area (Å²) in [6, 6.07) is 33.9. The van der Waals surface area contributed by atoms with E-state index in [1.807, 2.05) is 60.7 Å². The molecular weight excluding hydrogens is 908 g/mol. The summed E-state index contributed by atoms with van der Waals surface area (Å²) in [6.45, 7) is 10.7. The maximum atomic E-state index is 12.9. The van der Waals surface area contributed by atoms with Crippen LogP contribution in [0.5, 0.6) is 0 Å². The lowest BCUT2D eigenvalue weighted by Crippen LogP contribution is -2.42. The van der Waals surface area contributed by atoms with Gasteiger partial charge in [0, 0.05) is 78.2 Å². The molecule has 3 aliphatic rings. The van der Waals surface area contributed by atoms with E-state index in [2.05, 4.69) is 121 Å². The van der Waals surface area contributed by atoms with Crippen LogP contribution in [0.25, 0.3) is 0 Å². The first-order valence-corrected chi connectivity index (χ1v) is 25.7. The highest BCUT2D eigenvalue weighted by Crippen LogP contribution is 2.48. The quantitative estimate of drug-likeness (QED) is 0.0429. The molecule has 0 fully saturated rings. The van der Waals surface area contributed by atoms with Crippen LogP contribution in [0, 0.1) is 0 Å². The number of anilines is 1. The zero-order chi connectivity index (χ0) is 50.5. The van der Waals surface area contributed by atoms with Crippen LogP contribution in [-0.4, -0.2) is 69.4 Å². The first-order chi connectivity index (χ1) is 34.1. The number of allylic oxidation sites excluding steroid dienone is 8. The number of benzene rings is 4. The van der Waals surface area contributed by atoms with Gasteiger partial charge in [-0.3, -0.25) is 9.59 Å². The van der Waals surface area contributed by atoms with E-state index in [-0.39, 0.29) is 48.3 Å². The summed E-state index contributed by atoms with van der Waals surface area (Å²) in [5.74, 6) is -2.56. The van der Waals surface area contributed by atoms with Gasteiger partial charge in [-0.25, -0.2) is 9.59 Å². The number of carbonyl (C=O) groups is 4. The van der Waals surface area contributed by atoms with Crippen LogP contribution in [-0.2, 0) is 42.8 Å². The topological polar surface area (TPSA) is 139 Å². The summed E-state index contributed by atoms with van der Waals surface area (Å²) in [5.41, 5.74) is 10.8. The summed E-state index contributed by atoms with van der Waals surface area (Å²) < 4.78 is 2.41. The number of hydrogen-bond acceptors (Lipinski definition) is 5. The van der Waals surface area contributed by atoms with E-state index in [1.54, 1.807) is 0 Å². The molecule has 4 aromatic rings. The summed E-state index contributed by atoms with van der Waals surface area (Å²) in [5, 5.41) is 25.8. The minimum atomic E-state index is -1.04. The lowest BCUT2D eigenvalue weighted by atomic mass is 9.81. The minimum absolute atomic E-state index is 0.242. The largest absolute Gasteiger partial charge is 0.480 e. The fourth-order valence-corrected chi connectivity index (χ4v) is 10.7. The van der Waals surface area contributed by atoms with Crippen molar-refractivity contribution in [3.63, 3.8) is 0 Å². The molecule has 372 valence electrons. The molecule has 0 bridgehead atoms. The van der Waals surface area contributed by atoms with E-state index in [9.17, 15) is 29.4 Å². The van der Waals surface area contributed by atoms with E-state index in [1.165, 1.54) is 33.9 Å². The molecule has 1 aliphatic carbocycles. The summed E-state index contributed by atoms with van der Waals surface area (Å²) in [7, 11) is 0. The first-order valence-electron chi connectivity index (χ1n) is 25.4. The number of para-hydroxylation sites is 2. The molecule has 2 heterocycles. The zero-order valence-electron chi connectivity index (χ0n) is 41.8. The number of carbonyl (C=O) groups excluding carboxylic acids is 2. The molecule has 4 N–H and O–H groups in total. The van der Waals surface area contributed by atoms with Crippen LogP contribution in [0.4, 0.5) is 11.4 Å². The molecule has 10 nitrogen and oxygen atoms in total. The number of hydrogen-bond donors (Lipinski definition) is 4. The molecule has 11 heteroatoms. The Morgan fingerprint density at radius 2 is 1.20 bits per heavy atom. The third-order valence-electron chi connectivity index (χ3n) is 14.3. The summed E-state index contributed by atoms with van der Waals surface area (Å²) in [4.78, 5) is 52.0. The first kappa shape index (κ1) is 52.3. The van der Waals surface area contributed by atoms with Crippen LogP contribution in [0.3, 0.4) is 0 Å². The highest BCUT2D eigenvalue weighted by molar-refractivity contribution is 6.32. The van der Waals surface area contributed by atoms with Gasteiger partial charge in [0.2, 0.25) is 17.5 Å². The van der Waals surface area contributed by atoms with Crippen LogP contribution in [0.1, 0.15) is 121 Å². The van der Waals surface area contributed by atoms with Crippen LogP contribution >= 0.6 is 11.6 Å². The van der Waals surface area contributed by atoms with Crippen molar-refractivity contribution in [2.45, 2.75) is 134 Å². The number of aliphatic carboxylic acids is 2. The molecule has 2 amide bonds. The van der Waals surface area contributed by atoms with Crippen molar-refractivity contribution in [2.75, 3.05) is 18.0 Å². The maximum absolute atomic E-state index is 12.9. The van der Waals surface area contributed by atoms with Crippen molar-refractivity contribution < 1.29 is 34.0 Å². The zero-order valence-corrected chi connectivity index (χ0v) is 42.5. The number of carboxylic acids is 2. The van der Waals surface area contributed by atoms with Gasteiger partial charge in [0.15, 0.2) is 5.71 Å². The van der Waals surface area contributed by atoms with Gasteiger partial charge in [0.05, 0.1) is 5.41 Å². The summed E-state index contributed by atoms with van der Waals surface area (Å²) >= 11 is 7.34. The predicted octanol–water partition coefficient (Wildman–Crippen LogP) is 11.6. The lowest BCUT2D eigenvalue weighted by Gasteiger charge is -2.27. The number of nitrogens with one attached hydrogen (secondary N) is 2. The van der Waals surface area contributed by atoms with Crippen molar-refractivity contribution in [1.82, 2.24) is 10.6 Å². The van der Waals surface area contributed by atoms with Crippen LogP contribution in [0.2, 0.25) is 0 Å². The number of rotatable bonds is 23. The van der Waals surface area contributed by atoms with Crippen molar-refractivity contribution in [2.24, 2.45) is 0 Å². The van der Waals surface area contributed by atoms with Gasteiger partial charge in [-0.1, -0.05) is 141 Å².